The number of rotatable bonds is 4. The van der Waals surface area contributed by atoms with E-state index in [9.17, 15) is 9.59 Å². The van der Waals surface area contributed by atoms with Gasteiger partial charge in [0.05, 0.1) is 24.8 Å². The second kappa shape index (κ2) is 9.23. The van der Waals surface area contributed by atoms with Crippen molar-refractivity contribution in [1.82, 2.24) is 10.2 Å². The molecule has 168 valence electrons. The van der Waals surface area contributed by atoms with Crippen LogP contribution in [0, 0.1) is 0 Å². The number of aryl methyl sites for hydroxylation is 1. The number of nitrogens with one attached hydrogen (secondary N) is 1. The van der Waals surface area contributed by atoms with Gasteiger partial charge in [0.2, 0.25) is 5.91 Å². The smallest absolute Gasteiger partial charge is 0.265 e. The van der Waals surface area contributed by atoms with Crippen LogP contribution in [-0.2, 0) is 16.0 Å². The van der Waals surface area contributed by atoms with E-state index in [1.165, 1.54) is 17.5 Å². The number of fused-ring (bicyclic) bond motifs is 2. The number of carbonyl (C=O) groups excluding carboxylic acids is 2. The third-order valence-electron chi connectivity index (χ3n) is 6.84. The lowest BCUT2D eigenvalue weighted by atomic mass is 9.88. The summed E-state index contributed by atoms with van der Waals surface area (Å²) in [4.78, 5) is 30.1. The highest BCUT2D eigenvalue weighted by Gasteiger charge is 2.35. The molecule has 2 amide bonds. The van der Waals surface area contributed by atoms with Crippen LogP contribution < -0.4 is 15.0 Å². The lowest BCUT2D eigenvalue weighted by molar-refractivity contribution is -0.139. The molecule has 2 atom stereocenters. The molecular weight excluding hydrogens is 402 g/mol. The van der Waals surface area contributed by atoms with Gasteiger partial charge in [-0.1, -0.05) is 36.4 Å². The highest BCUT2D eigenvalue weighted by Crippen LogP contribution is 2.34. The quantitative estimate of drug-likeness (QED) is 0.802. The van der Waals surface area contributed by atoms with Gasteiger partial charge in [0.15, 0.2) is 6.10 Å². The van der Waals surface area contributed by atoms with Crippen LogP contribution in [0.4, 0.5) is 5.69 Å². The molecule has 0 radical (unpaired) electrons. The molecule has 2 aromatic rings. The van der Waals surface area contributed by atoms with Gasteiger partial charge in [-0.2, -0.15) is 0 Å². The summed E-state index contributed by atoms with van der Waals surface area (Å²) in [7, 11) is 0. The van der Waals surface area contributed by atoms with Gasteiger partial charge in [-0.15, -0.1) is 0 Å². The van der Waals surface area contributed by atoms with Crippen LogP contribution in [0.1, 0.15) is 49.3 Å². The number of para-hydroxylation sites is 2. The van der Waals surface area contributed by atoms with Crippen molar-refractivity contribution in [2.75, 3.05) is 31.1 Å². The Labute approximate surface area is 189 Å². The molecule has 2 aliphatic heterocycles. The maximum atomic E-state index is 13.1. The van der Waals surface area contributed by atoms with Gasteiger partial charge in [0.1, 0.15) is 5.75 Å². The normalized spacial score (nSPS) is 22.4. The molecular formula is C26H31N3O3. The molecule has 32 heavy (non-hydrogen) atoms. The van der Waals surface area contributed by atoms with Crippen molar-refractivity contribution in [2.24, 2.45) is 0 Å². The average molecular weight is 434 g/mol. The van der Waals surface area contributed by atoms with Gasteiger partial charge < -0.3 is 19.9 Å². The molecule has 0 saturated carbocycles. The topological polar surface area (TPSA) is 61.9 Å². The number of benzene rings is 2. The van der Waals surface area contributed by atoms with Crippen LogP contribution in [0.2, 0.25) is 0 Å². The first-order chi connectivity index (χ1) is 15.7. The summed E-state index contributed by atoms with van der Waals surface area (Å²) in [5.41, 5.74) is 3.43. The summed E-state index contributed by atoms with van der Waals surface area (Å²) < 4.78 is 6.09. The zero-order valence-corrected chi connectivity index (χ0v) is 18.5. The predicted octanol–water partition coefficient (Wildman–Crippen LogP) is 3.46. The van der Waals surface area contributed by atoms with Crippen LogP contribution in [0.15, 0.2) is 48.5 Å². The van der Waals surface area contributed by atoms with Crippen LogP contribution >= 0.6 is 0 Å². The largest absolute Gasteiger partial charge is 0.477 e. The molecule has 2 heterocycles. The van der Waals surface area contributed by atoms with E-state index in [2.05, 4.69) is 23.5 Å². The Bertz CT molecular complexity index is 986. The third-order valence-corrected chi connectivity index (χ3v) is 6.84. The molecule has 1 fully saturated rings. The molecule has 0 spiro atoms. The minimum Gasteiger partial charge on any atom is -0.477 e. The van der Waals surface area contributed by atoms with Gasteiger partial charge >= 0.3 is 0 Å². The molecule has 5 rings (SSSR count). The van der Waals surface area contributed by atoms with E-state index >= 15 is 0 Å². The first kappa shape index (κ1) is 20.9. The van der Waals surface area contributed by atoms with E-state index in [0.29, 0.717) is 12.3 Å². The molecule has 1 saturated heterocycles. The first-order valence-electron chi connectivity index (χ1n) is 11.9. The van der Waals surface area contributed by atoms with E-state index in [0.717, 1.165) is 50.9 Å². The SMILES string of the molecule is O=C(CN1C[C@H](C(=O)N2CCCCC2)Oc2ccccc21)N[C@@H]1CCCc2ccccc21. The lowest BCUT2D eigenvalue weighted by Gasteiger charge is -2.38. The number of anilines is 1. The fourth-order valence-corrected chi connectivity index (χ4v) is 5.22. The van der Waals surface area contributed by atoms with E-state index in [4.69, 9.17) is 4.74 Å². The molecule has 0 unspecified atom stereocenters. The Kier molecular flexibility index (Phi) is 6.02. The number of hydrogen-bond donors (Lipinski definition) is 1. The molecule has 2 aromatic carbocycles. The van der Waals surface area contributed by atoms with Crippen LogP contribution in [0.25, 0.3) is 0 Å². The van der Waals surface area contributed by atoms with Crippen molar-refractivity contribution < 1.29 is 14.3 Å². The average Bonchev–Trinajstić information content (AvgIpc) is 2.84. The first-order valence-corrected chi connectivity index (χ1v) is 11.9. The van der Waals surface area contributed by atoms with Crippen molar-refractivity contribution >= 4 is 17.5 Å². The number of ether oxygens (including phenoxy) is 1. The summed E-state index contributed by atoms with van der Waals surface area (Å²) >= 11 is 0. The molecule has 6 nitrogen and oxygen atoms in total. The third kappa shape index (κ3) is 4.31. The zero-order valence-electron chi connectivity index (χ0n) is 18.5. The minimum atomic E-state index is -0.578. The standard InChI is InChI=1S/C26H31N3O3/c30-25(27-21-12-8-10-19-9-2-3-11-20(19)21)18-29-17-24(26(31)28-15-6-1-7-16-28)32-23-14-5-4-13-22(23)29/h2-5,9,11,13-14,21,24H,1,6-8,10,12,15-18H2,(H,27,30)/t21-,24-/m1/s1. The summed E-state index contributed by atoms with van der Waals surface area (Å²) in [5, 5.41) is 3.24. The highest BCUT2D eigenvalue weighted by molar-refractivity contribution is 5.86. The van der Waals surface area contributed by atoms with Crippen LogP contribution in [0.5, 0.6) is 5.75 Å². The Morgan fingerprint density at radius 2 is 1.75 bits per heavy atom. The van der Waals surface area contributed by atoms with Crippen molar-refractivity contribution in [3.63, 3.8) is 0 Å². The minimum absolute atomic E-state index is 0.0208. The van der Waals surface area contributed by atoms with Gasteiger partial charge in [0.25, 0.3) is 5.91 Å². The van der Waals surface area contributed by atoms with Crippen LogP contribution in [-0.4, -0.2) is 49.0 Å². The zero-order chi connectivity index (χ0) is 21.9. The Morgan fingerprint density at radius 3 is 2.62 bits per heavy atom. The fraction of sp³-hybridized carbons (Fsp3) is 0.462. The Balaban J connectivity index is 1.30. The lowest BCUT2D eigenvalue weighted by Crippen LogP contribution is -2.53. The number of piperidine rings is 1. The van der Waals surface area contributed by atoms with Gasteiger partial charge in [-0.25, -0.2) is 0 Å². The summed E-state index contributed by atoms with van der Waals surface area (Å²) in [5.74, 6) is 0.684. The second-order valence-corrected chi connectivity index (χ2v) is 9.05. The number of amides is 2. The number of likely N-dealkylation sites (tertiary alicyclic amines) is 1. The van der Waals surface area contributed by atoms with Crippen LogP contribution in [0.3, 0.4) is 0 Å². The van der Waals surface area contributed by atoms with Gasteiger partial charge in [-0.3, -0.25) is 9.59 Å². The molecule has 6 heteroatoms. The maximum absolute atomic E-state index is 13.1. The number of hydrogen-bond acceptors (Lipinski definition) is 4. The summed E-state index contributed by atoms with van der Waals surface area (Å²) in [6, 6.07) is 16.1. The van der Waals surface area contributed by atoms with Crippen molar-refractivity contribution in [1.29, 1.82) is 0 Å². The molecule has 1 N–H and O–H groups in total. The monoisotopic (exact) mass is 433 g/mol. The Hall–Kier alpha value is -3.02. The molecule has 3 aliphatic rings. The molecule has 0 bridgehead atoms. The van der Waals surface area contributed by atoms with E-state index in [1.54, 1.807) is 0 Å². The predicted molar refractivity (Wildman–Crippen MR) is 124 cm³/mol. The second-order valence-electron chi connectivity index (χ2n) is 9.05. The molecule has 0 aromatic heterocycles. The van der Waals surface area contributed by atoms with E-state index < -0.39 is 6.10 Å². The summed E-state index contributed by atoms with van der Waals surface area (Å²) in [6.45, 7) is 2.19. The number of nitrogens with zero attached hydrogens (tertiary/aromatic N) is 2. The Morgan fingerprint density at radius 1 is 0.969 bits per heavy atom. The van der Waals surface area contributed by atoms with Gasteiger partial charge in [0, 0.05) is 13.1 Å². The van der Waals surface area contributed by atoms with E-state index in [-0.39, 0.29) is 24.4 Å². The van der Waals surface area contributed by atoms with Crippen molar-refractivity contribution in [3.8, 4) is 5.75 Å². The van der Waals surface area contributed by atoms with Gasteiger partial charge in [-0.05, 0) is 61.8 Å². The highest BCUT2D eigenvalue weighted by atomic mass is 16.5. The number of carbonyl (C=O) groups is 2. The molecule has 1 aliphatic carbocycles. The van der Waals surface area contributed by atoms with E-state index in [1.807, 2.05) is 40.1 Å². The van der Waals surface area contributed by atoms with Crippen molar-refractivity contribution in [3.05, 3.63) is 59.7 Å². The maximum Gasteiger partial charge on any atom is 0.265 e. The summed E-state index contributed by atoms with van der Waals surface area (Å²) in [6.07, 6.45) is 5.79. The van der Waals surface area contributed by atoms with Crippen molar-refractivity contribution in [2.45, 2.75) is 50.7 Å². The fourth-order valence-electron chi connectivity index (χ4n) is 5.22.